The zero-order valence-electron chi connectivity index (χ0n) is 6.49. The van der Waals surface area contributed by atoms with Crippen LogP contribution in [0, 0.1) is 36.0 Å². The average molecular weight is 335 g/mol. The minimum Gasteiger partial charge on any atom is -0.119 e. The summed E-state index contributed by atoms with van der Waals surface area (Å²) in [5.41, 5.74) is 0.770. The number of hydrogen-bond donors (Lipinski definition) is 0. The number of hydrogen-bond acceptors (Lipinski definition) is 0. The first-order valence-corrected chi connectivity index (χ1v) is 3.67. The first-order chi connectivity index (χ1) is 5.30. The molecular formula is C11H8Pt. The molecule has 0 aliphatic heterocycles. The van der Waals surface area contributed by atoms with E-state index in [-0.39, 0.29) is 26.5 Å². The van der Waals surface area contributed by atoms with E-state index in [9.17, 15) is 0 Å². The van der Waals surface area contributed by atoms with Crippen LogP contribution in [0.2, 0.25) is 0 Å². The van der Waals surface area contributed by atoms with Gasteiger partial charge < -0.3 is 0 Å². The van der Waals surface area contributed by atoms with Gasteiger partial charge in [-0.15, -0.1) is 12.8 Å². The molecule has 1 heteroatoms. The van der Waals surface area contributed by atoms with E-state index >= 15 is 0 Å². The Labute approximate surface area is 87.4 Å². The largest absolute Gasteiger partial charge is 0.119 e. The number of fused-ring (bicyclic) bond motifs is 2. The molecule has 2 aliphatic rings. The molecular weight excluding hydrogens is 327 g/mol. The maximum atomic E-state index is 5.43. The van der Waals surface area contributed by atoms with Gasteiger partial charge in [0.15, 0.2) is 0 Å². The molecule has 0 N–H and O–H groups in total. The second kappa shape index (κ2) is 2.97. The predicted octanol–water partition coefficient (Wildman–Crippen LogP) is 1.75. The third kappa shape index (κ3) is 0.998. The summed E-state index contributed by atoms with van der Waals surface area (Å²) in [6.45, 7) is 0. The molecule has 2 bridgehead atoms. The Hall–Kier alpha value is -0.712. The summed E-state index contributed by atoms with van der Waals surface area (Å²) in [4.78, 5) is 0. The normalized spacial score (nSPS) is 34.8. The van der Waals surface area contributed by atoms with Gasteiger partial charge in [-0.3, -0.25) is 0 Å². The molecule has 0 heterocycles. The Morgan fingerprint density at radius 3 is 2.67 bits per heavy atom. The van der Waals surface area contributed by atoms with E-state index < -0.39 is 0 Å². The van der Waals surface area contributed by atoms with Gasteiger partial charge in [-0.1, -0.05) is 30.1 Å². The topological polar surface area (TPSA) is 0 Å². The molecule has 12 heavy (non-hydrogen) atoms. The van der Waals surface area contributed by atoms with Gasteiger partial charge in [-0.2, -0.15) is 0 Å². The Balaban J connectivity index is 0.000000720. The van der Waals surface area contributed by atoms with E-state index in [0.717, 1.165) is 12.0 Å². The van der Waals surface area contributed by atoms with Crippen LogP contribution in [0.5, 0.6) is 0 Å². The monoisotopic (exact) mass is 335 g/mol. The van der Waals surface area contributed by atoms with Gasteiger partial charge in [0.05, 0.1) is 5.41 Å². The van der Waals surface area contributed by atoms with Gasteiger partial charge >= 0.3 is 0 Å². The minimum absolute atomic E-state index is 0. The summed E-state index contributed by atoms with van der Waals surface area (Å²) < 4.78 is 0. The van der Waals surface area contributed by atoms with Crippen molar-refractivity contribution in [1.29, 1.82) is 0 Å². The molecule has 0 amide bonds. The second-order valence-corrected chi connectivity index (χ2v) is 3.07. The van der Waals surface area contributed by atoms with Crippen LogP contribution in [-0.2, 0) is 21.1 Å². The van der Waals surface area contributed by atoms with E-state index in [1.807, 2.05) is 0 Å². The van der Waals surface area contributed by atoms with Gasteiger partial charge in [0.2, 0.25) is 0 Å². The summed E-state index contributed by atoms with van der Waals surface area (Å²) >= 11 is 0. The summed E-state index contributed by atoms with van der Waals surface area (Å²) in [5, 5.41) is 0. The van der Waals surface area contributed by atoms with Crippen LogP contribution in [0.1, 0.15) is 6.42 Å². The number of rotatable bonds is 0. The van der Waals surface area contributed by atoms with Crippen molar-refractivity contribution in [2.45, 2.75) is 6.42 Å². The second-order valence-electron chi connectivity index (χ2n) is 3.07. The maximum Gasteiger partial charge on any atom is 0.0823 e. The SMILES string of the molecule is C#CC1=CC2C=CC1(C#C)C2.[Pt]. The van der Waals surface area contributed by atoms with Gasteiger partial charge in [0.25, 0.3) is 0 Å². The maximum absolute atomic E-state index is 5.43. The molecule has 0 saturated carbocycles. The van der Waals surface area contributed by atoms with Crippen molar-refractivity contribution in [2.75, 3.05) is 0 Å². The van der Waals surface area contributed by atoms with Crippen molar-refractivity contribution < 1.29 is 21.1 Å². The molecule has 62 valence electrons. The first-order valence-electron chi connectivity index (χ1n) is 3.67. The van der Waals surface area contributed by atoms with E-state index in [1.54, 1.807) is 0 Å². The summed E-state index contributed by atoms with van der Waals surface area (Å²) in [5.74, 6) is 5.92. The first kappa shape index (κ1) is 9.38. The summed E-state index contributed by atoms with van der Waals surface area (Å²) in [6.07, 6.45) is 18.1. The molecule has 0 aromatic heterocycles. The molecule has 0 fully saturated rings. The average Bonchev–Trinajstić information content (AvgIpc) is 2.60. The van der Waals surface area contributed by atoms with Crippen molar-refractivity contribution in [3.05, 3.63) is 23.8 Å². The van der Waals surface area contributed by atoms with Crippen LogP contribution in [0.25, 0.3) is 0 Å². The molecule has 0 nitrogen and oxygen atoms in total. The molecule has 0 saturated heterocycles. The zero-order valence-corrected chi connectivity index (χ0v) is 8.76. The van der Waals surface area contributed by atoms with Crippen LogP contribution in [-0.4, -0.2) is 0 Å². The Morgan fingerprint density at radius 2 is 2.25 bits per heavy atom. The minimum atomic E-state index is -0.209. The molecule has 2 atom stereocenters. The molecule has 2 aliphatic carbocycles. The van der Waals surface area contributed by atoms with Crippen LogP contribution in [0.3, 0.4) is 0 Å². The van der Waals surface area contributed by atoms with Gasteiger partial charge in [0.1, 0.15) is 0 Å². The van der Waals surface area contributed by atoms with Crippen molar-refractivity contribution in [1.82, 2.24) is 0 Å². The van der Waals surface area contributed by atoms with Crippen molar-refractivity contribution in [3.8, 4) is 24.7 Å². The van der Waals surface area contributed by atoms with Crippen molar-refractivity contribution in [2.24, 2.45) is 11.3 Å². The Morgan fingerprint density at radius 1 is 1.50 bits per heavy atom. The van der Waals surface area contributed by atoms with E-state index in [1.165, 1.54) is 0 Å². The Bertz CT molecular complexity index is 335. The van der Waals surface area contributed by atoms with E-state index in [0.29, 0.717) is 5.92 Å². The van der Waals surface area contributed by atoms with Crippen LogP contribution < -0.4 is 0 Å². The van der Waals surface area contributed by atoms with Crippen LogP contribution >= 0.6 is 0 Å². The van der Waals surface area contributed by atoms with Crippen LogP contribution in [0.15, 0.2) is 23.8 Å². The smallest absolute Gasteiger partial charge is 0.0823 e. The van der Waals surface area contributed by atoms with Gasteiger partial charge in [0, 0.05) is 26.6 Å². The quantitative estimate of drug-likeness (QED) is 0.467. The molecule has 0 aromatic rings. The number of allylic oxidation sites excluding steroid dienone is 4. The number of terminal acetylenes is 2. The molecule has 0 aromatic carbocycles. The van der Waals surface area contributed by atoms with Crippen molar-refractivity contribution in [3.63, 3.8) is 0 Å². The van der Waals surface area contributed by atoms with Gasteiger partial charge in [-0.25, -0.2) is 0 Å². The van der Waals surface area contributed by atoms with E-state index in [2.05, 4.69) is 30.1 Å². The van der Waals surface area contributed by atoms with Crippen LogP contribution in [0.4, 0.5) is 0 Å². The fraction of sp³-hybridized carbons (Fsp3) is 0.273. The molecule has 0 spiro atoms. The standard InChI is InChI=1S/C11H8.Pt/c1-3-10-7-9-5-6-11(10,4-2)8-9;/h1-2,5-7,9H,8H2;. The van der Waals surface area contributed by atoms with Crippen molar-refractivity contribution >= 4 is 0 Å². The van der Waals surface area contributed by atoms with Gasteiger partial charge in [-0.05, 0) is 12.3 Å². The Kier molecular flexibility index (Phi) is 2.32. The third-order valence-electron chi connectivity index (χ3n) is 2.46. The third-order valence-corrected chi connectivity index (χ3v) is 2.46. The predicted molar refractivity (Wildman–Crippen MR) is 45.4 cm³/mol. The molecule has 0 radical (unpaired) electrons. The molecule has 2 rings (SSSR count). The fourth-order valence-electron chi connectivity index (χ4n) is 1.83. The summed E-state index contributed by atoms with van der Waals surface area (Å²) in [7, 11) is 0. The summed E-state index contributed by atoms with van der Waals surface area (Å²) in [6, 6.07) is 0. The fourth-order valence-corrected chi connectivity index (χ4v) is 1.83. The zero-order chi connectivity index (χ0) is 7.90. The molecule has 2 unspecified atom stereocenters. The van der Waals surface area contributed by atoms with E-state index in [4.69, 9.17) is 12.8 Å².